The van der Waals surface area contributed by atoms with E-state index >= 15 is 0 Å². The van der Waals surface area contributed by atoms with Crippen LogP contribution in [0, 0.1) is 5.82 Å². The minimum atomic E-state index is -3.99. The van der Waals surface area contributed by atoms with Crippen molar-refractivity contribution in [1.29, 1.82) is 0 Å². The van der Waals surface area contributed by atoms with Crippen LogP contribution in [0.1, 0.15) is 23.2 Å². The number of nitrogens with zero attached hydrogens (tertiary/aromatic N) is 1. The molecule has 1 saturated heterocycles. The van der Waals surface area contributed by atoms with Crippen LogP contribution in [0.5, 0.6) is 0 Å². The Labute approximate surface area is 122 Å². The van der Waals surface area contributed by atoms with Gasteiger partial charge in [0.05, 0.1) is 17.6 Å². The molecule has 116 valence electrons. The number of ether oxygens (including phenoxy) is 1. The number of carbonyl (C=O) groups excluding carboxylic acids is 1. The lowest BCUT2D eigenvalue weighted by atomic mass is 10.1. The summed E-state index contributed by atoms with van der Waals surface area (Å²) in [5.74, 6) is -1.56. The van der Waals surface area contributed by atoms with E-state index in [0.717, 1.165) is 31.7 Å². The first kappa shape index (κ1) is 15.9. The minimum Gasteiger partial charge on any atom is -0.465 e. The Hall–Kier alpha value is -1.51. The summed E-state index contributed by atoms with van der Waals surface area (Å²) in [5, 5.41) is 0. The molecule has 0 saturated carbocycles. The van der Waals surface area contributed by atoms with Crippen LogP contribution in [0.2, 0.25) is 0 Å². The van der Waals surface area contributed by atoms with Gasteiger partial charge in [0.25, 0.3) is 0 Å². The monoisotopic (exact) mass is 316 g/mol. The zero-order valence-electron chi connectivity index (χ0n) is 11.6. The van der Waals surface area contributed by atoms with Crippen LogP contribution in [0.25, 0.3) is 0 Å². The van der Waals surface area contributed by atoms with Crippen molar-refractivity contribution < 1.29 is 22.3 Å². The molecule has 1 heterocycles. The number of piperidine rings is 1. The van der Waals surface area contributed by atoms with E-state index in [1.165, 1.54) is 4.31 Å². The van der Waals surface area contributed by atoms with Crippen molar-refractivity contribution in [2.24, 2.45) is 5.73 Å². The van der Waals surface area contributed by atoms with Crippen LogP contribution in [-0.2, 0) is 14.8 Å². The fourth-order valence-corrected chi connectivity index (χ4v) is 4.05. The summed E-state index contributed by atoms with van der Waals surface area (Å²) < 4.78 is 44.4. The number of hydrogen-bond donors (Lipinski definition) is 1. The maximum Gasteiger partial charge on any atom is 0.339 e. The first-order valence-corrected chi connectivity index (χ1v) is 7.94. The maximum absolute atomic E-state index is 13.4. The molecule has 0 amide bonds. The summed E-state index contributed by atoms with van der Waals surface area (Å²) in [7, 11) is -2.85. The second-order valence-electron chi connectivity index (χ2n) is 4.90. The molecule has 1 fully saturated rings. The van der Waals surface area contributed by atoms with Crippen LogP contribution >= 0.6 is 0 Å². The lowest BCUT2D eigenvalue weighted by Gasteiger charge is -2.30. The van der Waals surface area contributed by atoms with Crippen molar-refractivity contribution in [2.45, 2.75) is 23.8 Å². The summed E-state index contributed by atoms with van der Waals surface area (Å²) in [5.41, 5.74) is 5.60. The molecule has 2 N–H and O–H groups in total. The highest BCUT2D eigenvalue weighted by Gasteiger charge is 2.32. The van der Waals surface area contributed by atoms with Crippen molar-refractivity contribution in [3.05, 3.63) is 29.6 Å². The predicted molar refractivity (Wildman–Crippen MR) is 73.7 cm³/mol. The fraction of sp³-hybridized carbons (Fsp3) is 0.462. The summed E-state index contributed by atoms with van der Waals surface area (Å²) >= 11 is 0. The van der Waals surface area contributed by atoms with Crippen LogP contribution in [-0.4, -0.2) is 44.9 Å². The average molecular weight is 316 g/mol. The summed E-state index contributed by atoms with van der Waals surface area (Å²) in [6.07, 6.45) is 1.36. The standard InChI is InChI=1S/C13H17FN2O4S/c1-20-13(17)11-5-4-9(14)7-12(11)21(18,19)16-6-2-3-10(15)8-16/h4-5,7,10H,2-3,6,8,15H2,1H3. The molecule has 0 aliphatic carbocycles. The van der Waals surface area contributed by atoms with Gasteiger partial charge in [-0.05, 0) is 31.0 Å². The molecule has 1 aliphatic heterocycles. The topological polar surface area (TPSA) is 89.7 Å². The fourth-order valence-electron chi connectivity index (χ4n) is 2.32. The first-order valence-electron chi connectivity index (χ1n) is 6.50. The molecular weight excluding hydrogens is 299 g/mol. The Balaban J connectivity index is 2.48. The van der Waals surface area contributed by atoms with Gasteiger partial charge in [0, 0.05) is 19.1 Å². The zero-order valence-corrected chi connectivity index (χ0v) is 12.4. The molecule has 6 nitrogen and oxygen atoms in total. The molecule has 1 atom stereocenters. The number of esters is 1. The van der Waals surface area contributed by atoms with E-state index in [1.54, 1.807) is 0 Å². The quantitative estimate of drug-likeness (QED) is 0.830. The summed E-state index contributed by atoms with van der Waals surface area (Å²) in [6, 6.07) is 2.70. The molecule has 8 heteroatoms. The smallest absolute Gasteiger partial charge is 0.339 e. The second-order valence-corrected chi connectivity index (χ2v) is 6.80. The van der Waals surface area contributed by atoms with Crippen LogP contribution in [0.4, 0.5) is 4.39 Å². The lowest BCUT2D eigenvalue weighted by Crippen LogP contribution is -2.45. The number of nitrogens with two attached hydrogens (primary N) is 1. The Morgan fingerprint density at radius 1 is 1.48 bits per heavy atom. The molecular formula is C13H17FN2O4S. The van der Waals surface area contributed by atoms with Gasteiger partial charge in [-0.15, -0.1) is 0 Å². The van der Waals surface area contributed by atoms with Crippen LogP contribution in [0.3, 0.4) is 0 Å². The number of methoxy groups -OCH3 is 1. The van der Waals surface area contributed by atoms with E-state index in [9.17, 15) is 17.6 Å². The normalized spacial score (nSPS) is 20.2. The summed E-state index contributed by atoms with van der Waals surface area (Å²) in [4.78, 5) is 11.3. The summed E-state index contributed by atoms with van der Waals surface area (Å²) in [6.45, 7) is 0.451. The number of hydrogen-bond acceptors (Lipinski definition) is 5. The zero-order chi connectivity index (χ0) is 15.6. The van der Waals surface area contributed by atoms with E-state index in [4.69, 9.17) is 5.73 Å². The largest absolute Gasteiger partial charge is 0.465 e. The Morgan fingerprint density at radius 2 is 2.19 bits per heavy atom. The van der Waals surface area contributed by atoms with E-state index in [2.05, 4.69) is 4.74 Å². The third-order valence-electron chi connectivity index (χ3n) is 3.39. The van der Waals surface area contributed by atoms with Gasteiger partial charge in [0.15, 0.2) is 0 Å². The molecule has 2 rings (SSSR count). The van der Waals surface area contributed by atoms with Crippen LogP contribution in [0.15, 0.2) is 23.1 Å². The van der Waals surface area contributed by atoms with Crippen molar-refractivity contribution >= 4 is 16.0 Å². The van der Waals surface area contributed by atoms with Gasteiger partial charge in [-0.25, -0.2) is 17.6 Å². The van der Waals surface area contributed by atoms with Crippen LogP contribution < -0.4 is 5.73 Å². The predicted octanol–water partition coefficient (Wildman–Crippen LogP) is 0.724. The number of rotatable bonds is 3. The third-order valence-corrected chi connectivity index (χ3v) is 5.29. The Bertz CT molecular complexity index is 648. The highest BCUT2D eigenvalue weighted by Crippen LogP contribution is 2.24. The second kappa shape index (κ2) is 6.08. The van der Waals surface area contributed by atoms with Gasteiger partial charge in [-0.3, -0.25) is 0 Å². The van der Waals surface area contributed by atoms with E-state index in [1.807, 2.05) is 0 Å². The van der Waals surface area contributed by atoms with Gasteiger partial charge in [0.1, 0.15) is 5.82 Å². The maximum atomic E-state index is 13.4. The Kier molecular flexibility index (Phi) is 4.60. The minimum absolute atomic E-state index is 0.152. The van der Waals surface area contributed by atoms with Crippen molar-refractivity contribution in [1.82, 2.24) is 4.31 Å². The molecule has 1 unspecified atom stereocenters. The van der Waals surface area contributed by atoms with Gasteiger partial charge >= 0.3 is 5.97 Å². The molecule has 0 spiro atoms. The highest BCUT2D eigenvalue weighted by atomic mass is 32.2. The third kappa shape index (κ3) is 3.22. The van der Waals surface area contributed by atoms with E-state index in [-0.39, 0.29) is 23.0 Å². The van der Waals surface area contributed by atoms with Gasteiger partial charge in [-0.2, -0.15) is 4.31 Å². The number of benzene rings is 1. The van der Waals surface area contributed by atoms with Gasteiger partial charge < -0.3 is 10.5 Å². The number of sulfonamides is 1. The van der Waals surface area contributed by atoms with Crippen molar-refractivity contribution in [3.63, 3.8) is 0 Å². The highest BCUT2D eigenvalue weighted by molar-refractivity contribution is 7.89. The molecule has 0 radical (unpaired) electrons. The van der Waals surface area contributed by atoms with Crippen molar-refractivity contribution in [2.75, 3.05) is 20.2 Å². The lowest BCUT2D eigenvalue weighted by molar-refractivity contribution is 0.0596. The number of halogens is 1. The molecule has 0 aromatic heterocycles. The van der Waals surface area contributed by atoms with Gasteiger partial charge in [-0.1, -0.05) is 0 Å². The number of carbonyl (C=O) groups is 1. The first-order chi connectivity index (χ1) is 9.86. The van der Waals surface area contributed by atoms with E-state index in [0.29, 0.717) is 13.0 Å². The molecule has 21 heavy (non-hydrogen) atoms. The van der Waals surface area contributed by atoms with Gasteiger partial charge in [0.2, 0.25) is 10.0 Å². The molecule has 0 bridgehead atoms. The average Bonchev–Trinajstić information content (AvgIpc) is 2.46. The molecule has 1 aromatic rings. The molecule has 1 aromatic carbocycles. The van der Waals surface area contributed by atoms with E-state index < -0.39 is 21.8 Å². The Morgan fingerprint density at radius 3 is 2.81 bits per heavy atom. The van der Waals surface area contributed by atoms with Crippen molar-refractivity contribution in [3.8, 4) is 0 Å². The molecule has 1 aliphatic rings. The SMILES string of the molecule is COC(=O)c1ccc(F)cc1S(=O)(=O)N1CCCC(N)C1.